The van der Waals surface area contributed by atoms with E-state index >= 15 is 0 Å². The van der Waals surface area contributed by atoms with Crippen LogP contribution < -0.4 is 5.32 Å². The van der Waals surface area contributed by atoms with Crippen LogP contribution in [0.2, 0.25) is 0 Å². The zero-order chi connectivity index (χ0) is 18.8. The Balaban J connectivity index is 1.93. The summed E-state index contributed by atoms with van der Waals surface area (Å²) in [5.74, 6) is -0.327. The van der Waals surface area contributed by atoms with Gasteiger partial charge in [0.1, 0.15) is 5.60 Å². The van der Waals surface area contributed by atoms with Gasteiger partial charge in [-0.25, -0.2) is 4.79 Å². The Labute approximate surface area is 150 Å². The zero-order valence-corrected chi connectivity index (χ0v) is 16.0. The summed E-state index contributed by atoms with van der Waals surface area (Å²) in [5.41, 5.74) is -0.510. The van der Waals surface area contributed by atoms with Crippen LogP contribution in [0.5, 0.6) is 0 Å². The number of rotatable bonds is 4. The van der Waals surface area contributed by atoms with E-state index in [9.17, 15) is 14.4 Å². The molecule has 7 nitrogen and oxygen atoms in total. The number of ether oxygens (including phenoxy) is 1. The monoisotopic (exact) mass is 353 g/mol. The predicted octanol–water partition coefficient (Wildman–Crippen LogP) is 1.90. The van der Waals surface area contributed by atoms with Gasteiger partial charge in [0.15, 0.2) is 0 Å². The fourth-order valence-corrected chi connectivity index (χ4v) is 3.51. The summed E-state index contributed by atoms with van der Waals surface area (Å²) in [5, 5.41) is 3.25. The lowest BCUT2D eigenvalue weighted by molar-refractivity contribution is -0.137. The number of hydrogen-bond donors (Lipinski definition) is 1. The minimum absolute atomic E-state index is 0.0290. The van der Waals surface area contributed by atoms with Gasteiger partial charge in [-0.1, -0.05) is 0 Å². The first kappa shape index (κ1) is 19.7. The normalized spacial score (nSPS) is 26.1. The van der Waals surface area contributed by atoms with E-state index in [1.54, 1.807) is 0 Å². The number of carbonyl (C=O) groups is 3. The van der Waals surface area contributed by atoms with Gasteiger partial charge in [-0.05, 0) is 53.4 Å². The van der Waals surface area contributed by atoms with Crippen LogP contribution in [0, 0.1) is 0 Å². The highest BCUT2D eigenvalue weighted by atomic mass is 16.6. The minimum Gasteiger partial charge on any atom is -0.444 e. The van der Waals surface area contributed by atoms with Crippen molar-refractivity contribution in [3.8, 4) is 0 Å². The molecule has 0 aliphatic carbocycles. The molecule has 0 saturated carbocycles. The predicted molar refractivity (Wildman–Crippen MR) is 94.0 cm³/mol. The molecule has 0 aromatic heterocycles. The highest BCUT2D eigenvalue weighted by Crippen LogP contribution is 2.24. The molecule has 0 aromatic rings. The third kappa shape index (κ3) is 5.17. The summed E-state index contributed by atoms with van der Waals surface area (Å²) in [6.07, 6.45) is 3.68. The van der Waals surface area contributed by atoms with Gasteiger partial charge in [-0.2, -0.15) is 0 Å². The second-order valence-corrected chi connectivity index (χ2v) is 8.17. The van der Waals surface area contributed by atoms with E-state index < -0.39 is 11.6 Å². The van der Waals surface area contributed by atoms with E-state index in [2.05, 4.69) is 5.32 Å². The van der Waals surface area contributed by atoms with Gasteiger partial charge in [-0.3, -0.25) is 14.5 Å². The fourth-order valence-electron chi connectivity index (χ4n) is 3.51. The lowest BCUT2D eigenvalue weighted by Crippen LogP contribution is -2.50. The highest BCUT2D eigenvalue weighted by molar-refractivity contribution is 6.05. The smallest absolute Gasteiger partial charge is 0.410 e. The van der Waals surface area contributed by atoms with Crippen molar-refractivity contribution in [3.05, 3.63) is 0 Å². The van der Waals surface area contributed by atoms with E-state index in [0.717, 1.165) is 25.7 Å². The molecule has 2 saturated heterocycles. The number of likely N-dealkylation sites (N-methyl/N-ethyl adjacent to an activating group) is 1. The Hall–Kier alpha value is -1.63. The Bertz CT molecular complexity index is 529. The third-order valence-electron chi connectivity index (χ3n) is 4.75. The van der Waals surface area contributed by atoms with Gasteiger partial charge in [0.05, 0.1) is 12.5 Å². The van der Waals surface area contributed by atoms with Crippen LogP contribution in [0.1, 0.15) is 59.8 Å². The molecule has 0 radical (unpaired) electrons. The van der Waals surface area contributed by atoms with Gasteiger partial charge in [0.2, 0.25) is 11.8 Å². The van der Waals surface area contributed by atoms with E-state index in [1.807, 2.05) is 32.6 Å². The molecule has 1 N–H and O–H groups in total. The molecule has 142 valence electrons. The maximum absolute atomic E-state index is 12.5. The Kier molecular flexibility index (Phi) is 6.08. The number of nitrogens with zero attached hydrogens (tertiary/aromatic N) is 2. The Morgan fingerprint density at radius 3 is 2.56 bits per heavy atom. The number of piperidine rings is 1. The second kappa shape index (κ2) is 7.72. The van der Waals surface area contributed by atoms with Crippen molar-refractivity contribution in [2.75, 3.05) is 13.6 Å². The van der Waals surface area contributed by atoms with Crippen LogP contribution >= 0.6 is 0 Å². The van der Waals surface area contributed by atoms with Crippen molar-refractivity contribution in [3.63, 3.8) is 0 Å². The molecule has 3 amide bonds. The van der Waals surface area contributed by atoms with E-state index in [-0.39, 0.29) is 36.4 Å². The average Bonchev–Trinajstić information content (AvgIpc) is 2.73. The average molecular weight is 353 g/mol. The summed E-state index contributed by atoms with van der Waals surface area (Å²) in [7, 11) is 1.52. The summed E-state index contributed by atoms with van der Waals surface area (Å²) >= 11 is 0. The van der Waals surface area contributed by atoms with Crippen molar-refractivity contribution < 1.29 is 19.1 Å². The maximum Gasteiger partial charge on any atom is 0.410 e. The molecule has 2 heterocycles. The number of imide groups is 1. The largest absolute Gasteiger partial charge is 0.444 e. The van der Waals surface area contributed by atoms with Crippen LogP contribution in [-0.4, -0.2) is 65.0 Å². The molecular weight excluding hydrogens is 322 g/mol. The highest BCUT2D eigenvalue weighted by Gasteiger charge is 2.37. The van der Waals surface area contributed by atoms with Gasteiger partial charge < -0.3 is 15.0 Å². The second-order valence-electron chi connectivity index (χ2n) is 8.17. The van der Waals surface area contributed by atoms with Crippen LogP contribution in [0.25, 0.3) is 0 Å². The minimum atomic E-state index is -0.510. The summed E-state index contributed by atoms with van der Waals surface area (Å²) < 4.78 is 5.53. The molecule has 2 aliphatic heterocycles. The molecule has 0 bridgehead atoms. The first-order chi connectivity index (χ1) is 11.6. The standard InChI is InChI=1S/C18H31N3O4/c1-12(19-14-11-15(22)20(5)16(14)23)10-13-8-6-7-9-21(13)17(24)25-18(2,3)4/h12-14,19H,6-11H2,1-5H3. The SMILES string of the molecule is CC(CC1CCCCN1C(=O)OC(C)(C)C)NC1CC(=O)N(C)C1=O. The number of amides is 3. The number of nitrogens with one attached hydrogen (secondary N) is 1. The maximum atomic E-state index is 12.5. The molecule has 3 atom stereocenters. The van der Waals surface area contributed by atoms with Crippen molar-refractivity contribution in [2.45, 2.75) is 83.5 Å². The Morgan fingerprint density at radius 2 is 2.00 bits per heavy atom. The van der Waals surface area contributed by atoms with Crippen LogP contribution in [-0.2, 0) is 14.3 Å². The molecule has 3 unspecified atom stereocenters. The number of hydrogen-bond acceptors (Lipinski definition) is 5. The molecule has 2 rings (SSSR count). The zero-order valence-electron chi connectivity index (χ0n) is 16.0. The van der Waals surface area contributed by atoms with Crippen LogP contribution in [0.4, 0.5) is 4.79 Å². The quantitative estimate of drug-likeness (QED) is 0.781. The van der Waals surface area contributed by atoms with Crippen molar-refractivity contribution in [1.29, 1.82) is 0 Å². The lowest BCUT2D eigenvalue weighted by atomic mass is 9.96. The van der Waals surface area contributed by atoms with Gasteiger partial charge in [-0.15, -0.1) is 0 Å². The third-order valence-corrected chi connectivity index (χ3v) is 4.75. The number of likely N-dealkylation sites (tertiary alicyclic amines) is 2. The van der Waals surface area contributed by atoms with Crippen molar-refractivity contribution in [2.24, 2.45) is 0 Å². The van der Waals surface area contributed by atoms with E-state index in [0.29, 0.717) is 6.54 Å². The summed E-state index contributed by atoms with van der Waals surface area (Å²) in [6, 6.07) is -0.330. The van der Waals surface area contributed by atoms with Gasteiger partial charge >= 0.3 is 6.09 Å². The lowest BCUT2D eigenvalue weighted by Gasteiger charge is -2.38. The van der Waals surface area contributed by atoms with Crippen molar-refractivity contribution >= 4 is 17.9 Å². The molecular formula is C18H31N3O4. The topological polar surface area (TPSA) is 79.0 Å². The molecule has 25 heavy (non-hydrogen) atoms. The Morgan fingerprint density at radius 1 is 1.32 bits per heavy atom. The van der Waals surface area contributed by atoms with Gasteiger partial charge in [0, 0.05) is 25.7 Å². The molecule has 2 fully saturated rings. The molecule has 7 heteroatoms. The van der Waals surface area contributed by atoms with Crippen LogP contribution in [0.15, 0.2) is 0 Å². The summed E-state index contributed by atoms with van der Waals surface area (Å²) in [4.78, 5) is 39.1. The van der Waals surface area contributed by atoms with E-state index in [1.165, 1.54) is 11.9 Å². The van der Waals surface area contributed by atoms with Crippen LogP contribution in [0.3, 0.4) is 0 Å². The van der Waals surface area contributed by atoms with E-state index in [4.69, 9.17) is 4.74 Å². The molecule has 0 spiro atoms. The first-order valence-electron chi connectivity index (χ1n) is 9.14. The number of carbonyl (C=O) groups excluding carboxylic acids is 3. The van der Waals surface area contributed by atoms with Crippen molar-refractivity contribution in [1.82, 2.24) is 15.1 Å². The molecule has 2 aliphatic rings. The van der Waals surface area contributed by atoms with Gasteiger partial charge in [0.25, 0.3) is 0 Å². The first-order valence-corrected chi connectivity index (χ1v) is 9.14. The summed E-state index contributed by atoms with van der Waals surface area (Å²) in [6.45, 7) is 8.31. The molecule has 0 aromatic carbocycles. The fraction of sp³-hybridized carbons (Fsp3) is 0.833.